The van der Waals surface area contributed by atoms with Gasteiger partial charge < -0.3 is 9.47 Å². The van der Waals surface area contributed by atoms with E-state index in [1.807, 2.05) is 23.1 Å². The molecule has 2 aromatic carbocycles. The van der Waals surface area contributed by atoms with E-state index in [0.717, 1.165) is 42.2 Å². The Kier molecular flexibility index (Phi) is 5.74. The molecule has 1 fully saturated rings. The SMILES string of the molecule is O=C(Cn1cc(SCc2ccc(Cl)cc2)c2ccccc21)N1CCCCC1. The van der Waals surface area contributed by atoms with Gasteiger partial charge in [-0.1, -0.05) is 41.9 Å². The minimum atomic E-state index is 0.227. The minimum absolute atomic E-state index is 0.227. The van der Waals surface area contributed by atoms with Crippen LogP contribution in [0.3, 0.4) is 0 Å². The van der Waals surface area contributed by atoms with Crippen molar-refractivity contribution in [1.82, 2.24) is 9.47 Å². The van der Waals surface area contributed by atoms with Gasteiger partial charge >= 0.3 is 0 Å². The van der Waals surface area contributed by atoms with E-state index in [9.17, 15) is 4.79 Å². The fourth-order valence-electron chi connectivity index (χ4n) is 3.59. The van der Waals surface area contributed by atoms with Gasteiger partial charge in [-0.3, -0.25) is 4.79 Å². The summed E-state index contributed by atoms with van der Waals surface area (Å²) in [6.45, 7) is 2.22. The summed E-state index contributed by atoms with van der Waals surface area (Å²) in [7, 11) is 0. The number of halogens is 1. The van der Waals surface area contributed by atoms with Crippen LogP contribution in [0.5, 0.6) is 0 Å². The molecule has 0 aliphatic carbocycles. The molecule has 0 atom stereocenters. The highest BCUT2D eigenvalue weighted by Gasteiger charge is 2.18. The first-order valence-corrected chi connectivity index (χ1v) is 10.8. The third kappa shape index (κ3) is 4.33. The number of rotatable bonds is 5. The molecule has 1 aromatic heterocycles. The number of para-hydroxylation sites is 1. The number of thioether (sulfide) groups is 1. The number of piperidine rings is 1. The Hall–Kier alpha value is -1.91. The number of amides is 1. The molecule has 0 unspecified atom stereocenters. The summed E-state index contributed by atoms with van der Waals surface area (Å²) in [6, 6.07) is 16.3. The van der Waals surface area contributed by atoms with E-state index in [4.69, 9.17) is 11.6 Å². The molecule has 0 bridgehead atoms. The number of hydrogen-bond donors (Lipinski definition) is 0. The van der Waals surface area contributed by atoms with Crippen LogP contribution in [0.1, 0.15) is 24.8 Å². The van der Waals surface area contributed by atoms with Gasteiger partial charge in [0.05, 0.1) is 0 Å². The maximum atomic E-state index is 12.7. The molecule has 27 heavy (non-hydrogen) atoms. The lowest BCUT2D eigenvalue weighted by molar-refractivity contribution is -0.132. The van der Waals surface area contributed by atoms with Gasteiger partial charge in [0.15, 0.2) is 0 Å². The first-order chi connectivity index (χ1) is 13.2. The molecule has 2 heterocycles. The third-order valence-electron chi connectivity index (χ3n) is 5.07. The van der Waals surface area contributed by atoms with Crippen molar-refractivity contribution < 1.29 is 4.79 Å². The molecular weight excluding hydrogens is 376 g/mol. The molecule has 1 aliphatic rings. The summed E-state index contributed by atoms with van der Waals surface area (Å²) < 4.78 is 2.11. The van der Waals surface area contributed by atoms with Crippen molar-refractivity contribution in [1.29, 1.82) is 0 Å². The van der Waals surface area contributed by atoms with Gasteiger partial charge in [0, 0.05) is 45.9 Å². The molecule has 1 amide bonds. The number of benzene rings is 2. The summed E-state index contributed by atoms with van der Waals surface area (Å²) in [4.78, 5) is 15.9. The zero-order valence-electron chi connectivity index (χ0n) is 15.2. The van der Waals surface area contributed by atoms with E-state index in [1.165, 1.54) is 22.3 Å². The Morgan fingerprint density at radius 1 is 1.00 bits per heavy atom. The predicted octanol–water partition coefficient (Wildman–Crippen LogP) is 5.60. The van der Waals surface area contributed by atoms with Crippen molar-refractivity contribution in [2.75, 3.05) is 13.1 Å². The van der Waals surface area contributed by atoms with Crippen LogP contribution in [-0.4, -0.2) is 28.5 Å². The third-order valence-corrected chi connectivity index (χ3v) is 6.44. The van der Waals surface area contributed by atoms with E-state index in [-0.39, 0.29) is 5.91 Å². The lowest BCUT2D eigenvalue weighted by Crippen LogP contribution is -2.37. The van der Waals surface area contributed by atoms with Crippen LogP contribution in [0.2, 0.25) is 5.02 Å². The maximum absolute atomic E-state index is 12.7. The fraction of sp³-hybridized carbons (Fsp3) is 0.318. The highest BCUT2D eigenvalue weighted by molar-refractivity contribution is 7.98. The first kappa shape index (κ1) is 18.5. The smallest absolute Gasteiger partial charge is 0.242 e. The van der Waals surface area contributed by atoms with Crippen molar-refractivity contribution >= 4 is 40.2 Å². The van der Waals surface area contributed by atoms with Crippen LogP contribution < -0.4 is 0 Å². The van der Waals surface area contributed by atoms with E-state index in [2.05, 4.69) is 41.1 Å². The summed E-state index contributed by atoms with van der Waals surface area (Å²) in [5.74, 6) is 1.11. The van der Waals surface area contributed by atoms with Crippen LogP contribution in [0.4, 0.5) is 0 Å². The molecule has 1 aliphatic heterocycles. The number of fused-ring (bicyclic) bond motifs is 1. The van der Waals surface area contributed by atoms with Gasteiger partial charge in [-0.05, 0) is 43.0 Å². The Balaban J connectivity index is 1.53. The average Bonchev–Trinajstić information content (AvgIpc) is 3.06. The molecule has 0 N–H and O–H groups in total. The number of aromatic nitrogens is 1. The normalized spacial score (nSPS) is 14.6. The van der Waals surface area contributed by atoms with Crippen LogP contribution in [-0.2, 0) is 17.1 Å². The maximum Gasteiger partial charge on any atom is 0.242 e. The van der Waals surface area contributed by atoms with Gasteiger partial charge in [0.2, 0.25) is 5.91 Å². The number of nitrogens with zero attached hydrogens (tertiary/aromatic N) is 2. The standard InChI is InChI=1S/C22H23ClN2OS/c23-18-10-8-17(9-11-18)16-27-21-14-25(20-7-3-2-6-19(20)21)15-22(26)24-12-4-1-5-13-24/h2-3,6-11,14H,1,4-5,12-13,15-16H2. The number of carbonyl (C=O) groups excluding carboxylic acids is 1. The number of carbonyl (C=O) groups is 1. The van der Waals surface area contributed by atoms with Crippen molar-refractivity contribution in [3.8, 4) is 0 Å². The van der Waals surface area contributed by atoms with Gasteiger partial charge in [-0.25, -0.2) is 0 Å². The summed E-state index contributed by atoms with van der Waals surface area (Å²) in [6.07, 6.45) is 5.62. The zero-order valence-corrected chi connectivity index (χ0v) is 16.8. The molecule has 1 saturated heterocycles. The quantitative estimate of drug-likeness (QED) is 0.522. The molecular formula is C22H23ClN2OS. The van der Waals surface area contributed by atoms with Crippen molar-refractivity contribution in [3.05, 3.63) is 65.3 Å². The summed E-state index contributed by atoms with van der Waals surface area (Å²) >= 11 is 7.78. The van der Waals surface area contributed by atoms with Crippen LogP contribution in [0.15, 0.2) is 59.6 Å². The van der Waals surface area contributed by atoms with Crippen LogP contribution in [0.25, 0.3) is 10.9 Å². The fourth-order valence-corrected chi connectivity index (χ4v) is 4.76. The molecule has 0 radical (unpaired) electrons. The van der Waals surface area contributed by atoms with E-state index >= 15 is 0 Å². The van der Waals surface area contributed by atoms with Crippen LogP contribution >= 0.6 is 23.4 Å². The summed E-state index contributed by atoms with van der Waals surface area (Å²) in [5, 5.41) is 1.97. The molecule has 0 saturated carbocycles. The van der Waals surface area contributed by atoms with Crippen molar-refractivity contribution in [3.63, 3.8) is 0 Å². The predicted molar refractivity (Wildman–Crippen MR) is 113 cm³/mol. The van der Waals surface area contributed by atoms with Gasteiger partial charge in [-0.2, -0.15) is 0 Å². The average molecular weight is 399 g/mol. The Morgan fingerprint density at radius 3 is 2.52 bits per heavy atom. The lowest BCUT2D eigenvalue weighted by Gasteiger charge is -2.27. The van der Waals surface area contributed by atoms with Crippen molar-refractivity contribution in [2.45, 2.75) is 36.5 Å². The van der Waals surface area contributed by atoms with Crippen molar-refractivity contribution in [2.24, 2.45) is 0 Å². The summed E-state index contributed by atoms with van der Waals surface area (Å²) in [5.41, 5.74) is 2.37. The molecule has 0 spiro atoms. The molecule has 140 valence electrons. The monoisotopic (exact) mass is 398 g/mol. The second kappa shape index (κ2) is 8.41. The van der Waals surface area contributed by atoms with Gasteiger partial charge in [0.25, 0.3) is 0 Å². The Morgan fingerprint density at radius 2 is 1.74 bits per heavy atom. The van der Waals surface area contributed by atoms with E-state index in [1.54, 1.807) is 11.8 Å². The molecule has 3 aromatic rings. The molecule has 3 nitrogen and oxygen atoms in total. The molecule has 4 rings (SSSR count). The first-order valence-electron chi connectivity index (χ1n) is 9.43. The second-order valence-corrected chi connectivity index (χ2v) is 8.45. The molecule has 5 heteroatoms. The largest absolute Gasteiger partial charge is 0.341 e. The highest BCUT2D eigenvalue weighted by atomic mass is 35.5. The minimum Gasteiger partial charge on any atom is -0.341 e. The van der Waals surface area contributed by atoms with Gasteiger partial charge in [0.1, 0.15) is 6.54 Å². The van der Waals surface area contributed by atoms with E-state index in [0.29, 0.717) is 6.54 Å². The highest BCUT2D eigenvalue weighted by Crippen LogP contribution is 2.32. The number of hydrogen-bond acceptors (Lipinski definition) is 2. The van der Waals surface area contributed by atoms with Crippen LogP contribution in [0, 0.1) is 0 Å². The number of likely N-dealkylation sites (tertiary alicyclic amines) is 1. The topological polar surface area (TPSA) is 25.2 Å². The zero-order chi connectivity index (χ0) is 18.6. The lowest BCUT2D eigenvalue weighted by atomic mass is 10.1. The van der Waals surface area contributed by atoms with Gasteiger partial charge in [-0.15, -0.1) is 11.8 Å². The second-order valence-electron chi connectivity index (χ2n) is 6.99. The Bertz CT molecular complexity index is 929. The van der Waals surface area contributed by atoms with E-state index < -0.39 is 0 Å². The Labute approximate surface area is 169 Å².